The molecule has 3 aromatic rings. The summed E-state index contributed by atoms with van der Waals surface area (Å²) in [6.07, 6.45) is 0.980. The number of fused-ring (bicyclic) bond motifs is 1. The van der Waals surface area contributed by atoms with Crippen LogP contribution in [0.1, 0.15) is 4.88 Å². The van der Waals surface area contributed by atoms with Gasteiger partial charge in [-0.25, -0.2) is 9.97 Å². The highest BCUT2D eigenvalue weighted by Crippen LogP contribution is 2.21. The van der Waals surface area contributed by atoms with E-state index < -0.39 is 0 Å². The van der Waals surface area contributed by atoms with Crippen LogP contribution in [0.2, 0.25) is 5.28 Å². The highest BCUT2D eigenvalue weighted by atomic mass is 35.5. The van der Waals surface area contributed by atoms with Crippen LogP contribution >= 0.6 is 22.9 Å². The molecule has 1 N–H and O–H groups in total. The third-order valence-corrected chi connectivity index (χ3v) is 3.93. The summed E-state index contributed by atoms with van der Waals surface area (Å²) in [7, 11) is 0. The lowest BCUT2D eigenvalue weighted by Gasteiger charge is -2.08. The topological polar surface area (TPSA) is 37.8 Å². The van der Waals surface area contributed by atoms with Gasteiger partial charge in [-0.2, -0.15) is 0 Å². The number of hydrogen-bond acceptors (Lipinski definition) is 4. The fourth-order valence-electron chi connectivity index (χ4n) is 1.94. The van der Waals surface area contributed by atoms with E-state index >= 15 is 0 Å². The summed E-state index contributed by atoms with van der Waals surface area (Å²) >= 11 is 7.71. The maximum Gasteiger partial charge on any atom is 0.224 e. The van der Waals surface area contributed by atoms with Crippen molar-refractivity contribution < 1.29 is 0 Å². The molecule has 3 rings (SSSR count). The van der Waals surface area contributed by atoms with Gasteiger partial charge in [-0.05, 0) is 41.6 Å². The minimum atomic E-state index is 0.275. The number of nitrogens with one attached hydrogen (secondary N) is 1. The van der Waals surface area contributed by atoms with E-state index in [1.54, 1.807) is 11.3 Å². The average molecular weight is 290 g/mol. The van der Waals surface area contributed by atoms with E-state index in [4.69, 9.17) is 11.6 Å². The number of hydrogen-bond donors (Lipinski definition) is 1. The Hall–Kier alpha value is -1.65. The quantitative estimate of drug-likeness (QED) is 0.738. The maximum absolute atomic E-state index is 5.94. The molecule has 0 aliphatic rings. The van der Waals surface area contributed by atoms with E-state index in [0.717, 1.165) is 29.7 Å². The molecule has 0 unspecified atom stereocenters. The molecule has 3 nitrogen and oxygen atoms in total. The van der Waals surface area contributed by atoms with Gasteiger partial charge in [-0.1, -0.05) is 18.2 Å². The van der Waals surface area contributed by atoms with Gasteiger partial charge >= 0.3 is 0 Å². The molecule has 0 amide bonds. The SMILES string of the molecule is Clc1nc(NCCc2cccs2)c2ccccc2n1. The van der Waals surface area contributed by atoms with Gasteiger partial charge in [0.25, 0.3) is 0 Å². The molecular weight excluding hydrogens is 278 g/mol. The summed E-state index contributed by atoms with van der Waals surface area (Å²) < 4.78 is 0. The molecule has 0 bridgehead atoms. The fraction of sp³-hybridized carbons (Fsp3) is 0.143. The first-order chi connectivity index (χ1) is 9.33. The number of rotatable bonds is 4. The van der Waals surface area contributed by atoms with Gasteiger partial charge in [0.2, 0.25) is 5.28 Å². The Balaban J connectivity index is 1.80. The molecule has 5 heteroatoms. The molecule has 19 heavy (non-hydrogen) atoms. The molecule has 96 valence electrons. The van der Waals surface area contributed by atoms with Gasteiger partial charge in [0.15, 0.2) is 0 Å². The average Bonchev–Trinajstić information content (AvgIpc) is 2.91. The fourth-order valence-corrected chi connectivity index (χ4v) is 2.83. The van der Waals surface area contributed by atoms with E-state index in [1.807, 2.05) is 24.3 Å². The second-order valence-corrected chi connectivity index (χ2v) is 5.48. The van der Waals surface area contributed by atoms with E-state index in [9.17, 15) is 0 Å². The molecular formula is C14H12ClN3S. The van der Waals surface area contributed by atoms with Crippen molar-refractivity contribution in [2.24, 2.45) is 0 Å². The first kappa shape index (κ1) is 12.4. The number of benzene rings is 1. The number of nitrogens with zero attached hydrogens (tertiary/aromatic N) is 2. The Labute approximate surface area is 120 Å². The lowest BCUT2D eigenvalue weighted by Crippen LogP contribution is -2.06. The van der Waals surface area contributed by atoms with Crippen LogP contribution in [0.3, 0.4) is 0 Å². The van der Waals surface area contributed by atoms with E-state index in [2.05, 4.69) is 32.8 Å². The Bertz CT molecular complexity index is 682. The zero-order chi connectivity index (χ0) is 13.1. The first-order valence-electron chi connectivity index (χ1n) is 6.01. The van der Waals surface area contributed by atoms with Crippen molar-refractivity contribution in [1.82, 2.24) is 9.97 Å². The molecule has 0 aliphatic carbocycles. The standard InChI is InChI=1S/C14H12ClN3S/c15-14-17-12-6-2-1-5-11(12)13(18-14)16-8-7-10-4-3-9-19-10/h1-6,9H,7-8H2,(H,16,17,18). The summed E-state index contributed by atoms with van der Waals surface area (Å²) in [5.74, 6) is 0.798. The van der Waals surface area contributed by atoms with Crippen LogP contribution in [0.25, 0.3) is 10.9 Å². The Morgan fingerprint density at radius 2 is 2.00 bits per heavy atom. The molecule has 2 heterocycles. The van der Waals surface area contributed by atoms with Crippen molar-refractivity contribution in [2.45, 2.75) is 6.42 Å². The van der Waals surface area contributed by atoms with Crippen molar-refractivity contribution >= 4 is 39.7 Å². The minimum absolute atomic E-state index is 0.275. The zero-order valence-corrected chi connectivity index (χ0v) is 11.7. The highest BCUT2D eigenvalue weighted by Gasteiger charge is 2.05. The largest absolute Gasteiger partial charge is 0.369 e. The first-order valence-corrected chi connectivity index (χ1v) is 7.27. The third kappa shape index (κ3) is 2.85. The molecule has 0 saturated carbocycles. The molecule has 0 saturated heterocycles. The summed E-state index contributed by atoms with van der Waals surface area (Å²) in [4.78, 5) is 9.84. The Morgan fingerprint density at radius 3 is 2.84 bits per heavy atom. The van der Waals surface area contributed by atoms with Crippen LogP contribution < -0.4 is 5.32 Å². The number of anilines is 1. The second-order valence-electron chi connectivity index (χ2n) is 4.11. The van der Waals surface area contributed by atoms with Crippen molar-refractivity contribution in [3.63, 3.8) is 0 Å². The molecule has 0 atom stereocenters. The summed E-state index contributed by atoms with van der Waals surface area (Å²) in [6, 6.07) is 12.1. The van der Waals surface area contributed by atoms with Crippen LogP contribution in [0, 0.1) is 0 Å². The summed E-state index contributed by atoms with van der Waals surface area (Å²) in [5, 5.41) is 6.70. The zero-order valence-electron chi connectivity index (χ0n) is 10.1. The minimum Gasteiger partial charge on any atom is -0.369 e. The van der Waals surface area contributed by atoms with Crippen LogP contribution in [0.5, 0.6) is 0 Å². The lowest BCUT2D eigenvalue weighted by molar-refractivity contribution is 1.03. The predicted octanol–water partition coefficient (Wildman–Crippen LogP) is 4.00. The monoisotopic (exact) mass is 289 g/mol. The number of para-hydroxylation sites is 1. The van der Waals surface area contributed by atoms with Gasteiger partial charge < -0.3 is 5.32 Å². The second kappa shape index (κ2) is 5.55. The molecule has 1 aromatic carbocycles. The molecule has 0 spiro atoms. The molecule has 2 aromatic heterocycles. The Morgan fingerprint density at radius 1 is 1.11 bits per heavy atom. The van der Waals surface area contributed by atoms with E-state index in [1.165, 1.54) is 4.88 Å². The van der Waals surface area contributed by atoms with Crippen LogP contribution in [-0.2, 0) is 6.42 Å². The van der Waals surface area contributed by atoms with Crippen molar-refractivity contribution in [3.8, 4) is 0 Å². The van der Waals surface area contributed by atoms with Crippen LogP contribution in [0.4, 0.5) is 5.82 Å². The lowest BCUT2D eigenvalue weighted by atomic mass is 10.2. The molecule has 0 aliphatic heterocycles. The molecule has 0 radical (unpaired) electrons. The predicted molar refractivity (Wildman–Crippen MR) is 81.1 cm³/mol. The normalized spacial score (nSPS) is 10.8. The summed E-state index contributed by atoms with van der Waals surface area (Å²) in [5.41, 5.74) is 0.862. The van der Waals surface area contributed by atoms with Crippen molar-refractivity contribution in [1.29, 1.82) is 0 Å². The van der Waals surface area contributed by atoms with Gasteiger partial charge in [0.1, 0.15) is 5.82 Å². The number of thiophene rings is 1. The van der Waals surface area contributed by atoms with E-state index in [-0.39, 0.29) is 5.28 Å². The smallest absolute Gasteiger partial charge is 0.224 e. The Kier molecular flexibility index (Phi) is 3.62. The van der Waals surface area contributed by atoms with E-state index in [0.29, 0.717) is 0 Å². The van der Waals surface area contributed by atoms with Gasteiger partial charge in [0.05, 0.1) is 5.52 Å². The summed E-state index contributed by atoms with van der Waals surface area (Å²) in [6.45, 7) is 0.831. The van der Waals surface area contributed by atoms with Crippen LogP contribution in [-0.4, -0.2) is 16.5 Å². The van der Waals surface area contributed by atoms with Gasteiger partial charge in [-0.15, -0.1) is 11.3 Å². The highest BCUT2D eigenvalue weighted by molar-refractivity contribution is 7.09. The van der Waals surface area contributed by atoms with Gasteiger partial charge in [-0.3, -0.25) is 0 Å². The number of aromatic nitrogens is 2. The van der Waals surface area contributed by atoms with Gasteiger partial charge in [0, 0.05) is 16.8 Å². The van der Waals surface area contributed by atoms with Crippen molar-refractivity contribution in [3.05, 3.63) is 51.9 Å². The van der Waals surface area contributed by atoms with Crippen molar-refractivity contribution in [2.75, 3.05) is 11.9 Å². The molecule has 0 fully saturated rings. The maximum atomic E-state index is 5.94. The van der Waals surface area contributed by atoms with Crippen LogP contribution in [0.15, 0.2) is 41.8 Å². The number of halogens is 1. The third-order valence-electron chi connectivity index (χ3n) is 2.82.